The molecule has 8 rings (SSSR count). The Morgan fingerprint density at radius 1 is 0.341 bits per heavy atom. The molecule has 0 amide bonds. The summed E-state index contributed by atoms with van der Waals surface area (Å²) in [5, 5.41) is 10.6. The van der Waals surface area contributed by atoms with Crippen molar-refractivity contribution in [3.8, 4) is 11.4 Å². The van der Waals surface area contributed by atoms with Crippen LogP contribution in [-0.4, -0.2) is 9.97 Å². The second-order valence-corrected chi connectivity index (χ2v) is 11.7. The van der Waals surface area contributed by atoms with E-state index in [4.69, 9.17) is 9.97 Å². The van der Waals surface area contributed by atoms with Crippen LogP contribution in [0.15, 0.2) is 146 Å². The summed E-state index contributed by atoms with van der Waals surface area (Å²) >= 11 is 0. The molecule has 8 aromatic rings. The largest absolute Gasteiger partial charge is 0.255 e. The van der Waals surface area contributed by atoms with Crippen molar-refractivity contribution in [1.82, 2.24) is 9.97 Å². The van der Waals surface area contributed by atoms with E-state index in [-0.39, 0.29) is 0 Å². The molecule has 0 fully saturated rings. The minimum absolute atomic E-state index is 0.933. The van der Waals surface area contributed by atoms with Crippen molar-refractivity contribution in [3.05, 3.63) is 168 Å². The molecule has 0 N–H and O–H groups in total. The average Bonchev–Trinajstić information content (AvgIpc) is 3.08. The van der Waals surface area contributed by atoms with Crippen molar-refractivity contribution in [2.45, 2.75) is 25.7 Å². The summed E-state index contributed by atoms with van der Waals surface area (Å²) in [6.07, 6.45) is 7.70. The topological polar surface area (TPSA) is 25.8 Å². The predicted octanol–water partition coefficient (Wildman–Crippen LogP) is 10.3. The van der Waals surface area contributed by atoms with Gasteiger partial charge in [-0.2, -0.15) is 0 Å². The third-order valence-electron chi connectivity index (χ3n) is 9.00. The first kappa shape index (κ1) is 26.3. The molecule has 44 heavy (non-hydrogen) atoms. The molecule has 2 nitrogen and oxygen atoms in total. The van der Waals surface area contributed by atoms with Crippen LogP contribution in [0.25, 0.3) is 54.5 Å². The van der Waals surface area contributed by atoms with E-state index in [1.165, 1.54) is 65.3 Å². The lowest BCUT2D eigenvalue weighted by Crippen LogP contribution is -1.98. The van der Waals surface area contributed by atoms with Gasteiger partial charge in [0.1, 0.15) is 0 Å². The van der Waals surface area contributed by atoms with Gasteiger partial charge < -0.3 is 0 Å². The normalized spacial score (nSPS) is 11.5. The smallest absolute Gasteiger partial charge is 0.0888 e. The Balaban J connectivity index is 1.06. The van der Waals surface area contributed by atoms with Crippen LogP contribution in [0.1, 0.15) is 22.3 Å². The Labute approximate surface area is 257 Å². The third-order valence-corrected chi connectivity index (χ3v) is 9.00. The molecule has 0 saturated heterocycles. The minimum atomic E-state index is 0.933. The first-order chi connectivity index (χ1) is 21.8. The Kier molecular flexibility index (Phi) is 6.81. The van der Waals surface area contributed by atoms with E-state index in [1.54, 1.807) is 0 Å². The van der Waals surface area contributed by atoms with Gasteiger partial charge in [0.05, 0.1) is 11.4 Å². The van der Waals surface area contributed by atoms with Crippen molar-refractivity contribution in [3.63, 3.8) is 0 Å². The second kappa shape index (κ2) is 11.4. The zero-order valence-electron chi connectivity index (χ0n) is 24.6. The molecular weight excluding hydrogens is 532 g/mol. The van der Waals surface area contributed by atoms with Crippen molar-refractivity contribution in [2.75, 3.05) is 0 Å². The molecule has 0 unspecified atom stereocenters. The number of fused-ring (bicyclic) bond motifs is 4. The van der Waals surface area contributed by atoms with Crippen LogP contribution in [0, 0.1) is 0 Å². The first-order valence-corrected chi connectivity index (χ1v) is 15.5. The summed E-state index contributed by atoms with van der Waals surface area (Å²) in [6.45, 7) is 0. The number of nitrogens with zero attached hydrogens (tertiary/aromatic N) is 2. The van der Waals surface area contributed by atoms with Crippen LogP contribution < -0.4 is 0 Å². The van der Waals surface area contributed by atoms with E-state index in [0.717, 1.165) is 37.1 Å². The molecule has 0 aliphatic carbocycles. The Hall–Kier alpha value is -5.34. The van der Waals surface area contributed by atoms with Crippen LogP contribution in [0.4, 0.5) is 0 Å². The van der Waals surface area contributed by atoms with Gasteiger partial charge in [0, 0.05) is 12.4 Å². The highest BCUT2D eigenvalue weighted by atomic mass is 14.8. The highest BCUT2D eigenvalue weighted by molar-refractivity contribution is 6.03. The SMILES string of the molecule is c1ccc2c(CCc3ccnc(-c4cc(CCc5c6ccccc6cc6ccccc56)ccn4)c3)c3ccccc3cc2c1. The molecule has 0 radical (unpaired) electrons. The number of hydrogen-bond acceptors (Lipinski definition) is 2. The van der Waals surface area contributed by atoms with Crippen LogP contribution >= 0.6 is 0 Å². The summed E-state index contributed by atoms with van der Waals surface area (Å²) in [4.78, 5) is 9.49. The number of hydrogen-bond donors (Lipinski definition) is 0. The minimum Gasteiger partial charge on any atom is -0.255 e. The van der Waals surface area contributed by atoms with Gasteiger partial charge in [-0.05, 0) is 127 Å². The average molecular weight is 565 g/mol. The summed E-state index contributed by atoms with van der Waals surface area (Å²) in [5.41, 5.74) is 7.25. The summed E-state index contributed by atoms with van der Waals surface area (Å²) in [7, 11) is 0. The molecule has 0 aliphatic heterocycles. The van der Waals surface area contributed by atoms with Crippen molar-refractivity contribution in [1.29, 1.82) is 0 Å². The van der Waals surface area contributed by atoms with Gasteiger partial charge in [0.15, 0.2) is 0 Å². The van der Waals surface area contributed by atoms with Gasteiger partial charge in [-0.15, -0.1) is 0 Å². The lowest BCUT2D eigenvalue weighted by atomic mass is 9.92. The zero-order valence-corrected chi connectivity index (χ0v) is 24.6. The molecule has 0 atom stereocenters. The highest BCUT2D eigenvalue weighted by Crippen LogP contribution is 2.31. The maximum Gasteiger partial charge on any atom is 0.0888 e. The van der Waals surface area contributed by atoms with E-state index in [2.05, 4.69) is 133 Å². The van der Waals surface area contributed by atoms with E-state index >= 15 is 0 Å². The Morgan fingerprint density at radius 3 is 1.05 bits per heavy atom. The summed E-state index contributed by atoms with van der Waals surface area (Å²) in [6, 6.07) is 48.3. The van der Waals surface area contributed by atoms with Crippen molar-refractivity contribution in [2.24, 2.45) is 0 Å². The van der Waals surface area contributed by atoms with Crippen LogP contribution in [-0.2, 0) is 25.7 Å². The van der Waals surface area contributed by atoms with Gasteiger partial charge in [0.2, 0.25) is 0 Å². The maximum absolute atomic E-state index is 4.74. The van der Waals surface area contributed by atoms with Gasteiger partial charge in [-0.1, -0.05) is 97.1 Å². The number of pyridine rings is 2. The number of benzene rings is 6. The molecule has 2 heterocycles. The van der Waals surface area contributed by atoms with Crippen LogP contribution in [0.3, 0.4) is 0 Å². The second-order valence-electron chi connectivity index (χ2n) is 11.7. The maximum atomic E-state index is 4.74. The molecule has 0 aliphatic rings. The van der Waals surface area contributed by atoms with Crippen molar-refractivity contribution < 1.29 is 0 Å². The monoisotopic (exact) mass is 564 g/mol. The molecule has 0 spiro atoms. The molecule has 0 saturated carbocycles. The van der Waals surface area contributed by atoms with Crippen molar-refractivity contribution >= 4 is 43.1 Å². The molecule has 210 valence electrons. The van der Waals surface area contributed by atoms with E-state index < -0.39 is 0 Å². The predicted molar refractivity (Wildman–Crippen MR) is 185 cm³/mol. The highest BCUT2D eigenvalue weighted by Gasteiger charge is 2.11. The number of aromatic nitrogens is 2. The standard InChI is InChI=1S/C42H32N2/c1-5-13-35-31(9-1)27-32-10-2-6-14-36(32)39(35)19-17-29-21-23-43-41(25-29)42-26-30(22-24-44-42)18-20-40-37-15-7-3-11-33(37)28-34-12-4-8-16-38(34)40/h1-16,21-28H,17-20H2. The van der Waals surface area contributed by atoms with Crippen LogP contribution in [0.5, 0.6) is 0 Å². The fourth-order valence-electron chi connectivity index (χ4n) is 6.83. The van der Waals surface area contributed by atoms with E-state index in [1.807, 2.05) is 12.4 Å². The number of aryl methyl sites for hydroxylation is 4. The third kappa shape index (κ3) is 4.99. The van der Waals surface area contributed by atoms with E-state index in [0.29, 0.717) is 0 Å². The van der Waals surface area contributed by atoms with Gasteiger partial charge in [-0.3, -0.25) is 9.97 Å². The number of rotatable bonds is 7. The van der Waals surface area contributed by atoms with Gasteiger partial charge in [-0.25, -0.2) is 0 Å². The Bertz CT molecular complexity index is 2030. The summed E-state index contributed by atoms with van der Waals surface area (Å²) in [5.74, 6) is 0. The van der Waals surface area contributed by atoms with Gasteiger partial charge in [0.25, 0.3) is 0 Å². The Morgan fingerprint density at radius 2 is 0.682 bits per heavy atom. The lowest BCUT2D eigenvalue weighted by Gasteiger charge is -2.13. The molecule has 6 aromatic carbocycles. The quantitative estimate of drug-likeness (QED) is 0.180. The molecule has 2 aromatic heterocycles. The molecule has 0 bridgehead atoms. The zero-order chi connectivity index (χ0) is 29.3. The fourth-order valence-corrected chi connectivity index (χ4v) is 6.83. The molecular formula is C42H32N2. The molecule has 2 heteroatoms. The lowest BCUT2D eigenvalue weighted by molar-refractivity contribution is 0.966. The first-order valence-electron chi connectivity index (χ1n) is 15.5. The van der Waals surface area contributed by atoms with Gasteiger partial charge >= 0.3 is 0 Å². The van der Waals surface area contributed by atoms with E-state index in [9.17, 15) is 0 Å². The fraction of sp³-hybridized carbons (Fsp3) is 0.0952. The van der Waals surface area contributed by atoms with Crippen LogP contribution in [0.2, 0.25) is 0 Å². The summed E-state index contributed by atoms with van der Waals surface area (Å²) < 4.78 is 0.